The van der Waals surface area contributed by atoms with Crippen molar-refractivity contribution in [2.24, 2.45) is 5.92 Å². The van der Waals surface area contributed by atoms with Gasteiger partial charge >= 0.3 is 5.97 Å². The predicted octanol–water partition coefficient (Wildman–Crippen LogP) is 6.89. The van der Waals surface area contributed by atoms with E-state index < -0.39 is 5.97 Å². The van der Waals surface area contributed by atoms with Crippen molar-refractivity contribution < 1.29 is 14.7 Å². The highest BCUT2D eigenvalue weighted by Gasteiger charge is 2.27. The molecule has 0 saturated carbocycles. The summed E-state index contributed by atoms with van der Waals surface area (Å²) in [4.78, 5) is 40.2. The third kappa shape index (κ3) is 7.10. The average Bonchev–Trinajstić information content (AvgIpc) is 3.51. The number of hydrogen-bond acceptors (Lipinski definition) is 8. The minimum atomic E-state index is -0.765. The number of hydrogen-bond donors (Lipinski definition) is 2. The molecule has 3 aromatic heterocycles. The number of thiazole rings is 1. The van der Waals surface area contributed by atoms with E-state index in [0.29, 0.717) is 52.5 Å². The molecule has 0 bridgehead atoms. The molecule has 2 fully saturated rings. The SMILES string of the molecule is O=C(Nc1nc(-c2cc(Cl)cs2)c(CN2CCCCCCC2)s1)c1cnc(N2CCC(C(=O)O)CC2)c(Cl)c1. The molecular weight excluding hydrogens is 577 g/mol. The molecule has 5 rings (SSSR count). The zero-order valence-corrected chi connectivity index (χ0v) is 24.6. The van der Waals surface area contributed by atoms with E-state index in [1.165, 1.54) is 49.6 Å². The standard InChI is InChI=1S/C27H31Cl2N5O3S2/c28-19-13-21(38-16-19)23-22(15-33-8-4-2-1-3-5-9-33)39-27(31-23)32-25(35)18-12-20(29)24(30-14-18)34-10-6-17(7-11-34)26(36)37/h12-14,16-17H,1-11,15H2,(H,36,37)(H,31,32,35). The molecule has 0 unspecified atom stereocenters. The van der Waals surface area contributed by atoms with E-state index in [4.69, 9.17) is 28.2 Å². The van der Waals surface area contributed by atoms with E-state index >= 15 is 0 Å². The van der Waals surface area contributed by atoms with Gasteiger partial charge in [-0.1, -0.05) is 53.8 Å². The molecule has 0 radical (unpaired) electrons. The van der Waals surface area contributed by atoms with Crippen molar-refractivity contribution in [1.29, 1.82) is 0 Å². The molecule has 0 atom stereocenters. The second kappa shape index (κ2) is 13.0. The summed E-state index contributed by atoms with van der Waals surface area (Å²) in [6.07, 6.45) is 8.83. The van der Waals surface area contributed by atoms with Crippen LogP contribution < -0.4 is 10.2 Å². The topological polar surface area (TPSA) is 98.7 Å². The van der Waals surface area contributed by atoms with Crippen LogP contribution in [0.15, 0.2) is 23.7 Å². The van der Waals surface area contributed by atoms with Gasteiger partial charge in [0.05, 0.1) is 32.1 Å². The minimum Gasteiger partial charge on any atom is -0.481 e. The van der Waals surface area contributed by atoms with E-state index in [1.54, 1.807) is 17.4 Å². The van der Waals surface area contributed by atoms with Crippen LogP contribution in [0.5, 0.6) is 0 Å². The maximum Gasteiger partial charge on any atom is 0.306 e. The van der Waals surface area contributed by atoms with Gasteiger partial charge in [0.25, 0.3) is 5.91 Å². The van der Waals surface area contributed by atoms with E-state index in [9.17, 15) is 14.7 Å². The Morgan fingerprint density at radius 1 is 1.05 bits per heavy atom. The number of thiophene rings is 1. The molecule has 2 aliphatic rings. The van der Waals surface area contributed by atoms with Gasteiger partial charge in [0.15, 0.2) is 5.13 Å². The molecule has 12 heteroatoms. The Morgan fingerprint density at radius 2 is 1.77 bits per heavy atom. The van der Waals surface area contributed by atoms with Crippen molar-refractivity contribution in [3.8, 4) is 10.6 Å². The summed E-state index contributed by atoms with van der Waals surface area (Å²) in [5, 5.41) is 15.6. The molecule has 39 heavy (non-hydrogen) atoms. The Morgan fingerprint density at radius 3 is 2.41 bits per heavy atom. The summed E-state index contributed by atoms with van der Waals surface area (Å²) < 4.78 is 0. The number of likely N-dealkylation sites (tertiary alicyclic amines) is 1. The first-order valence-corrected chi connectivity index (χ1v) is 15.7. The van der Waals surface area contributed by atoms with Crippen LogP contribution in [0.4, 0.5) is 10.9 Å². The lowest BCUT2D eigenvalue weighted by Crippen LogP contribution is -2.37. The number of halogens is 2. The highest BCUT2D eigenvalue weighted by atomic mass is 35.5. The first-order valence-electron chi connectivity index (χ1n) is 13.3. The monoisotopic (exact) mass is 607 g/mol. The first-order chi connectivity index (χ1) is 18.9. The second-order valence-corrected chi connectivity index (χ2v) is 12.9. The number of carboxylic acids is 1. The van der Waals surface area contributed by atoms with Gasteiger partial charge in [0.1, 0.15) is 5.82 Å². The van der Waals surface area contributed by atoms with Gasteiger partial charge in [0, 0.05) is 36.1 Å². The summed E-state index contributed by atoms with van der Waals surface area (Å²) in [6.45, 7) is 4.04. The molecule has 0 aliphatic carbocycles. The van der Waals surface area contributed by atoms with Crippen LogP contribution in [0, 0.1) is 5.92 Å². The number of carbonyl (C=O) groups is 2. The Hall–Kier alpha value is -2.24. The number of rotatable bonds is 7. The lowest BCUT2D eigenvalue weighted by atomic mass is 9.97. The minimum absolute atomic E-state index is 0.331. The van der Waals surface area contributed by atoms with Crippen molar-refractivity contribution in [3.63, 3.8) is 0 Å². The van der Waals surface area contributed by atoms with Gasteiger partial charge in [-0.25, -0.2) is 9.97 Å². The smallest absolute Gasteiger partial charge is 0.306 e. The molecule has 8 nitrogen and oxygen atoms in total. The molecule has 0 spiro atoms. The summed E-state index contributed by atoms with van der Waals surface area (Å²) in [7, 11) is 0. The van der Waals surface area contributed by atoms with Gasteiger partial charge < -0.3 is 10.0 Å². The van der Waals surface area contributed by atoms with Gasteiger partial charge in [0.2, 0.25) is 0 Å². The van der Waals surface area contributed by atoms with Crippen LogP contribution in [0.1, 0.15) is 60.2 Å². The van der Waals surface area contributed by atoms with Crippen molar-refractivity contribution in [1.82, 2.24) is 14.9 Å². The van der Waals surface area contributed by atoms with Crippen LogP contribution in [0.3, 0.4) is 0 Å². The van der Waals surface area contributed by atoms with E-state index in [-0.39, 0.29) is 11.8 Å². The molecular formula is C27H31Cl2N5O3S2. The highest BCUT2D eigenvalue weighted by Crippen LogP contribution is 2.37. The summed E-state index contributed by atoms with van der Waals surface area (Å²) in [5.74, 6) is -0.868. The van der Waals surface area contributed by atoms with E-state index in [2.05, 4.69) is 15.2 Å². The fourth-order valence-electron chi connectivity index (χ4n) is 5.11. The molecule has 0 aromatic carbocycles. The lowest BCUT2D eigenvalue weighted by molar-refractivity contribution is -0.142. The number of carbonyl (C=O) groups excluding carboxylic acids is 1. The first kappa shape index (κ1) is 28.3. The number of anilines is 2. The number of nitrogens with one attached hydrogen (secondary N) is 1. The Bertz CT molecular complexity index is 1310. The maximum absolute atomic E-state index is 13.2. The highest BCUT2D eigenvalue weighted by molar-refractivity contribution is 7.17. The largest absolute Gasteiger partial charge is 0.481 e. The van der Waals surface area contributed by atoms with Crippen LogP contribution in [-0.2, 0) is 11.3 Å². The Kier molecular flexibility index (Phi) is 9.40. The number of carboxylic acid groups (broad SMARTS) is 1. The molecule has 2 N–H and O–H groups in total. The predicted molar refractivity (Wildman–Crippen MR) is 159 cm³/mol. The summed E-state index contributed by atoms with van der Waals surface area (Å²) >= 11 is 15.8. The number of piperidine rings is 1. The number of aromatic nitrogens is 2. The molecule has 208 valence electrons. The van der Waals surface area contributed by atoms with Gasteiger partial charge in [-0.2, -0.15) is 0 Å². The molecule has 1 amide bonds. The lowest BCUT2D eigenvalue weighted by Gasteiger charge is -2.31. The van der Waals surface area contributed by atoms with Crippen LogP contribution in [0.2, 0.25) is 10.0 Å². The van der Waals surface area contributed by atoms with Crippen molar-refractivity contribution in [3.05, 3.63) is 44.2 Å². The molecule has 2 aliphatic heterocycles. The zero-order valence-electron chi connectivity index (χ0n) is 21.5. The fraction of sp³-hybridized carbons (Fsp3) is 0.481. The van der Waals surface area contributed by atoms with Gasteiger partial charge in [-0.05, 0) is 50.9 Å². The fourth-order valence-corrected chi connectivity index (χ4v) is 7.57. The Labute approximate surface area is 246 Å². The maximum atomic E-state index is 13.2. The summed E-state index contributed by atoms with van der Waals surface area (Å²) in [5.41, 5.74) is 1.20. The quantitative estimate of drug-likeness (QED) is 0.301. The summed E-state index contributed by atoms with van der Waals surface area (Å²) in [6, 6.07) is 3.53. The number of amides is 1. The zero-order chi connectivity index (χ0) is 27.4. The van der Waals surface area contributed by atoms with Crippen LogP contribution >= 0.6 is 45.9 Å². The van der Waals surface area contributed by atoms with Crippen LogP contribution in [0.25, 0.3) is 10.6 Å². The van der Waals surface area contributed by atoms with Gasteiger partial charge in [-0.15, -0.1) is 11.3 Å². The van der Waals surface area contributed by atoms with Gasteiger partial charge in [-0.3, -0.25) is 19.8 Å². The number of nitrogens with zero attached hydrogens (tertiary/aromatic N) is 4. The Balaban J connectivity index is 1.30. The van der Waals surface area contributed by atoms with E-state index in [1.807, 2.05) is 16.3 Å². The normalized spacial score (nSPS) is 17.5. The number of pyridine rings is 1. The average molecular weight is 609 g/mol. The van der Waals surface area contributed by atoms with E-state index in [0.717, 1.165) is 35.1 Å². The van der Waals surface area contributed by atoms with Crippen LogP contribution in [-0.4, -0.2) is 58.0 Å². The second-order valence-electron chi connectivity index (χ2n) is 10.0. The third-order valence-corrected chi connectivity index (χ3v) is 9.78. The number of aliphatic carboxylic acids is 1. The van der Waals surface area contributed by atoms with Crippen molar-refractivity contribution in [2.45, 2.75) is 51.5 Å². The van der Waals surface area contributed by atoms with Crippen molar-refractivity contribution in [2.75, 3.05) is 36.4 Å². The molecule has 2 saturated heterocycles. The third-order valence-electron chi connectivity index (χ3n) is 7.26. The molecule has 3 aromatic rings. The van der Waals surface area contributed by atoms with Crippen molar-refractivity contribution >= 4 is 68.7 Å². The molecule has 5 heterocycles.